The van der Waals surface area contributed by atoms with Crippen LogP contribution in [0.2, 0.25) is 0 Å². The van der Waals surface area contributed by atoms with Crippen molar-refractivity contribution in [2.24, 2.45) is 17.8 Å². The maximum atomic E-state index is 14.4. The molecule has 6 nitrogen and oxygen atoms in total. The molecule has 0 spiro atoms. The van der Waals surface area contributed by atoms with E-state index in [4.69, 9.17) is 5.11 Å². The standard InChI is InChI=1S/C19H23F3N4O2/c1-9-14(20)8-26(9)18-23-16-12(2-3-19(16,21)22)17(24-18)25-6-10-4-11(7-25)13(10)5-15(27)28/h9-11,13-14H,2-8H2,1H3,(H,27,28). The van der Waals surface area contributed by atoms with Gasteiger partial charge >= 0.3 is 5.97 Å². The second-order valence-electron chi connectivity index (χ2n) is 8.71. The highest BCUT2D eigenvalue weighted by Crippen LogP contribution is 2.50. The van der Waals surface area contributed by atoms with Crippen LogP contribution in [0.3, 0.4) is 0 Å². The molecule has 9 heteroatoms. The van der Waals surface area contributed by atoms with Crippen molar-refractivity contribution in [3.8, 4) is 0 Å². The Hall–Kier alpha value is -2.06. The number of anilines is 2. The van der Waals surface area contributed by atoms with Gasteiger partial charge in [0.15, 0.2) is 0 Å². The largest absolute Gasteiger partial charge is 0.481 e. The molecule has 2 aliphatic carbocycles. The van der Waals surface area contributed by atoms with Gasteiger partial charge in [0, 0.05) is 31.5 Å². The molecule has 5 aliphatic rings. The number of carboxylic acids is 1. The molecule has 1 aromatic rings. The van der Waals surface area contributed by atoms with Gasteiger partial charge in [0.25, 0.3) is 5.92 Å². The van der Waals surface area contributed by atoms with Gasteiger partial charge in [-0.2, -0.15) is 13.8 Å². The van der Waals surface area contributed by atoms with Crippen LogP contribution in [0.5, 0.6) is 0 Å². The second-order valence-corrected chi connectivity index (χ2v) is 8.71. The van der Waals surface area contributed by atoms with Crippen LogP contribution in [0.25, 0.3) is 0 Å². The first-order valence-electron chi connectivity index (χ1n) is 9.91. The molecule has 1 N–H and O–H groups in total. The molecule has 4 atom stereocenters. The number of hydrogen-bond acceptors (Lipinski definition) is 5. The summed E-state index contributed by atoms with van der Waals surface area (Å²) in [5.41, 5.74) is 0.276. The fraction of sp³-hybridized carbons (Fsp3) is 0.737. The fourth-order valence-corrected chi connectivity index (χ4v) is 5.31. The molecule has 6 rings (SSSR count). The van der Waals surface area contributed by atoms with Crippen LogP contribution in [-0.4, -0.2) is 52.9 Å². The van der Waals surface area contributed by atoms with Crippen molar-refractivity contribution in [3.05, 3.63) is 11.3 Å². The van der Waals surface area contributed by atoms with E-state index >= 15 is 0 Å². The van der Waals surface area contributed by atoms with Gasteiger partial charge in [-0.15, -0.1) is 0 Å². The van der Waals surface area contributed by atoms with Crippen molar-refractivity contribution in [2.45, 2.75) is 50.7 Å². The Labute approximate surface area is 160 Å². The zero-order chi connectivity index (χ0) is 19.8. The van der Waals surface area contributed by atoms with E-state index in [0.29, 0.717) is 24.5 Å². The van der Waals surface area contributed by atoms with Crippen LogP contribution in [-0.2, 0) is 17.1 Å². The number of aliphatic carboxylic acids is 1. The average molecular weight is 396 g/mol. The van der Waals surface area contributed by atoms with Crippen molar-refractivity contribution in [1.29, 1.82) is 0 Å². The summed E-state index contributed by atoms with van der Waals surface area (Å²) in [5, 5.41) is 9.10. The number of carboxylic acid groups (broad SMARTS) is 1. The summed E-state index contributed by atoms with van der Waals surface area (Å²) < 4.78 is 42.5. The van der Waals surface area contributed by atoms with E-state index in [1.165, 1.54) is 0 Å². The molecule has 28 heavy (non-hydrogen) atoms. The van der Waals surface area contributed by atoms with Gasteiger partial charge in [0.1, 0.15) is 17.7 Å². The monoisotopic (exact) mass is 396 g/mol. The molecule has 0 radical (unpaired) electrons. The van der Waals surface area contributed by atoms with Crippen LogP contribution in [0, 0.1) is 17.8 Å². The van der Waals surface area contributed by atoms with Crippen LogP contribution >= 0.6 is 0 Å². The summed E-state index contributed by atoms with van der Waals surface area (Å²) in [7, 11) is 0. The minimum absolute atomic E-state index is 0.122. The van der Waals surface area contributed by atoms with Gasteiger partial charge in [-0.1, -0.05) is 0 Å². The lowest BCUT2D eigenvalue weighted by Crippen LogP contribution is -2.58. The third kappa shape index (κ3) is 2.58. The first-order valence-corrected chi connectivity index (χ1v) is 9.91. The van der Waals surface area contributed by atoms with Crippen molar-refractivity contribution in [1.82, 2.24) is 9.97 Å². The Kier molecular flexibility index (Phi) is 3.84. The maximum Gasteiger partial charge on any atom is 0.303 e. The Morgan fingerprint density at radius 1 is 1.25 bits per heavy atom. The van der Waals surface area contributed by atoms with Gasteiger partial charge in [-0.05, 0) is 37.5 Å². The van der Waals surface area contributed by atoms with Crippen LogP contribution in [0.4, 0.5) is 24.9 Å². The van der Waals surface area contributed by atoms with Crippen molar-refractivity contribution < 1.29 is 23.1 Å². The van der Waals surface area contributed by atoms with Crippen LogP contribution in [0.1, 0.15) is 37.4 Å². The predicted molar refractivity (Wildman–Crippen MR) is 95.5 cm³/mol. The SMILES string of the molecule is CC1C(F)CN1c1nc(N2CC3CC(C2)C3CC(=O)O)c2c(n1)C(F)(F)CC2. The summed E-state index contributed by atoms with van der Waals surface area (Å²) in [6.07, 6.45) is 0.0932. The van der Waals surface area contributed by atoms with Crippen LogP contribution in [0.15, 0.2) is 0 Å². The van der Waals surface area contributed by atoms with E-state index in [2.05, 4.69) is 9.97 Å². The van der Waals surface area contributed by atoms with Gasteiger partial charge in [0.05, 0.1) is 12.6 Å². The Morgan fingerprint density at radius 2 is 1.96 bits per heavy atom. The first-order chi connectivity index (χ1) is 13.2. The summed E-state index contributed by atoms with van der Waals surface area (Å²) in [6.45, 7) is 3.08. The number of halogens is 3. The van der Waals surface area contributed by atoms with Gasteiger partial charge < -0.3 is 14.9 Å². The molecule has 2 bridgehead atoms. The van der Waals surface area contributed by atoms with Gasteiger partial charge in [0.2, 0.25) is 5.95 Å². The molecule has 0 aromatic carbocycles. The lowest BCUT2D eigenvalue weighted by Gasteiger charge is -2.54. The zero-order valence-corrected chi connectivity index (χ0v) is 15.6. The highest BCUT2D eigenvalue weighted by Gasteiger charge is 2.50. The Balaban J connectivity index is 1.47. The molecule has 4 heterocycles. The van der Waals surface area contributed by atoms with Crippen molar-refractivity contribution >= 4 is 17.7 Å². The number of alkyl halides is 3. The highest BCUT2D eigenvalue weighted by atomic mass is 19.3. The van der Waals surface area contributed by atoms with E-state index in [0.717, 1.165) is 6.42 Å². The zero-order valence-electron chi connectivity index (χ0n) is 15.6. The summed E-state index contributed by atoms with van der Waals surface area (Å²) in [4.78, 5) is 23.5. The highest BCUT2D eigenvalue weighted by molar-refractivity contribution is 5.67. The van der Waals surface area contributed by atoms with Crippen molar-refractivity contribution in [3.63, 3.8) is 0 Å². The third-order valence-corrected chi connectivity index (χ3v) is 7.09. The van der Waals surface area contributed by atoms with E-state index in [-0.39, 0.29) is 55.2 Å². The topological polar surface area (TPSA) is 69.6 Å². The lowest BCUT2D eigenvalue weighted by atomic mass is 9.60. The van der Waals surface area contributed by atoms with Gasteiger partial charge in [-0.3, -0.25) is 4.79 Å². The minimum Gasteiger partial charge on any atom is -0.481 e. The van der Waals surface area contributed by atoms with Crippen molar-refractivity contribution in [2.75, 3.05) is 29.4 Å². The average Bonchev–Trinajstić information content (AvgIpc) is 2.98. The predicted octanol–water partition coefficient (Wildman–Crippen LogP) is 2.61. The Bertz CT molecular complexity index is 824. The fourth-order valence-electron chi connectivity index (χ4n) is 5.31. The molecular formula is C19H23F3N4O2. The molecule has 3 saturated heterocycles. The quantitative estimate of drug-likeness (QED) is 0.844. The smallest absolute Gasteiger partial charge is 0.303 e. The summed E-state index contributed by atoms with van der Waals surface area (Å²) in [6, 6.07) is -0.421. The summed E-state index contributed by atoms with van der Waals surface area (Å²) in [5.74, 6) is -2.39. The number of piperidine rings is 2. The number of rotatable bonds is 4. The number of nitrogens with zero attached hydrogens (tertiary/aromatic N) is 4. The van der Waals surface area contributed by atoms with Crippen LogP contribution < -0.4 is 9.80 Å². The summed E-state index contributed by atoms with van der Waals surface area (Å²) >= 11 is 0. The number of fused-ring (bicyclic) bond motifs is 3. The third-order valence-electron chi connectivity index (χ3n) is 7.09. The first kappa shape index (κ1) is 18.0. The van der Waals surface area contributed by atoms with E-state index in [9.17, 15) is 18.0 Å². The second kappa shape index (κ2) is 5.97. The van der Waals surface area contributed by atoms with Gasteiger partial charge in [-0.25, -0.2) is 9.37 Å². The minimum atomic E-state index is -2.99. The normalized spacial score (nSPS) is 35.2. The molecule has 152 valence electrons. The number of aromatic nitrogens is 2. The van der Waals surface area contributed by atoms with E-state index < -0.39 is 24.1 Å². The molecule has 0 amide bonds. The lowest BCUT2D eigenvalue weighted by molar-refractivity contribution is -0.141. The maximum absolute atomic E-state index is 14.4. The molecule has 4 unspecified atom stereocenters. The molecular weight excluding hydrogens is 373 g/mol. The number of carbonyl (C=O) groups is 1. The van der Waals surface area contributed by atoms with E-state index in [1.807, 2.05) is 4.90 Å². The van der Waals surface area contributed by atoms with E-state index in [1.54, 1.807) is 11.8 Å². The molecule has 1 saturated carbocycles. The molecule has 3 aliphatic heterocycles. The molecule has 4 fully saturated rings. The molecule has 1 aromatic heterocycles. The Morgan fingerprint density at radius 3 is 2.57 bits per heavy atom. The number of hydrogen-bond donors (Lipinski definition) is 1.